The molecule has 3 aromatic heterocycles. The molecule has 6 nitrogen and oxygen atoms in total. The molecule has 0 aliphatic rings. The average Bonchev–Trinajstić information content (AvgIpc) is 3.49. The first-order valence-corrected chi connectivity index (χ1v) is 12.2. The summed E-state index contributed by atoms with van der Waals surface area (Å²) < 4.78 is 1.99. The predicted octanol–water partition coefficient (Wildman–Crippen LogP) is 5.05. The Morgan fingerprint density at radius 3 is 2.90 bits per heavy atom. The molecule has 9 heteroatoms. The van der Waals surface area contributed by atoms with Crippen LogP contribution in [0.15, 0.2) is 52.6 Å². The zero-order valence-corrected chi connectivity index (χ0v) is 19.1. The molecule has 4 rings (SSSR count). The van der Waals surface area contributed by atoms with Crippen LogP contribution in [0.2, 0.25) is 0 Å². The average molecular weight is 456 g/mol. The van der Waals surface area contributed by atoms with E-state index < -0.39 is 0 Å². The molecule has 0 bridgehead atoms. The van der Waals surface area contributed by atoms with Crippen LogP contribution in [0.5, 0.6) is 0 Å². The number of nitrogens with one attached hydrogen (secondary N) is 1. The summed E-state index contributed by atoms with van der Waals surface area (Å²) >= 11 is 4.56. The minimum atomic E-state index is -0.103. The van der Waals surface area contributed by atoms with Crippen molar-refractivity contribution >= 4 is 45.5 Å². The van der Waals surface area contributed by atoms with Crippen LogP contribution >= 0.6 is 34.4 Å². The summed E-state index contributed by atoms with van der Waals surface area (Å²) in [5.41, 5.74) is 4.41. The van der Waals surface area contributed by atoms with Gasteiger partial charge in [0, 0.05) is 22.4 Å². The van der Waals surface area contributed by atoms with E-state index in [1.54, 1.807) is 17.7 Å². The van der Waals surface area contributed by atoms with Gasteiger partial charge in [0.2, 0.25) is 5.91 Å². The number of nitrogens with zero attached hydrogens (tertiary/aromatic N) is 4. The number of anilines is 1. The van der Waals surface area contributed by atoms with Crippen LogP contribution in [0.3, 0.4) is 0 Å². The number of benzene rings is 1. The van der Waals surface area contributed by atoms with Gasteiger partial charge in [0.05, 0.1) is 11.4 Å². The second-order valence-electron chi connectivity index (χ2n) is 6.81. The lowest BCUT2D eigenvalue weighted by molar-refractivity contribution is -0.113. The van der Waals surface area contributed by atoms with Crippen molar-refractivity contribution in [2.75, 3.05) is 11.1 Å². The van der Waals surface area contributed by atoms with Crippen molar-refractivity contribution in [2.24, 2.45) is 0 Å². The standard InChI is InChI=1S/C21H21N5OS3/c1-14-5-6-16(10-15(14)2)18-11-29-20(23-18)24-19(27)12-30-21-25-22-13-26(21)8-7-17-4-3-9-28-17/h3-6,9-11,13H,7-8,12H2,1-2H3,(H,23,24,27). The van der Waals surface area contributed by atoms with Gasteiger partial charge >= 0.3 is 0 Å². The first-order valence-electron chi connectivity index (χ1n) is 9.44. The maximum Gasteiger partial charge on any atom is 0.236 e. The monoisotopic (exact) mass is 455 g/mol. The summed E-state index contributed by atoms with van der Waals surface area (Å²) in [5.74, 6) is 0.157. The van der Waals surface area contributed by atoms with Crippen LogP contribution in [0.25, 0.3) is 11.3 Å². The van der Waals surface area contributed by atoms with Crippen molar-refractivity contribution in [3.63, 3.8) is 0 Å². The second-order valence-corrected chi connectivity index (χ2v) is 9.64. The number of carbonyl (C=O) groups excluding carboxylic acids is 1. The van der Waals surface area contributed by atoms with Crippen molar-refractivity contribution in [2.45, 2.75) is 32.0 Å². The van der Waals surface area contributed by atoms with E-state index in [1.165, 1.54) is 39.1 Å². The third kappa shape index (κ3) is 5.16. The van der Waals surface area contributed by atoms with Crippen LogP contribution in [-0.4, -0.2) is 31.4 Å². The zero-order valence-electron chi connectivity index (χ0n) is 16.7. The van der Waals surface area contributed by atoms with Gasteiger partial charge in [-0.1, -0.05) is 30.0 Å². The number of thiophene rings is 1. The molecule has 0 atom stereocenters. The molecular weight excluding hydrogens is 434 g/mol. The van der Waals surface area contributed by atoms with Crippen molar-refractivity contribution < 1.29 is 4.79 Å². The molecule has 0 aliphatic carbocycles. The Morgan fingerprint density at radius 2 is 2.10 bits per heavy atom. The molecule has 0 saturated carbocycles. The number of thiazole rings is 1. The number of aromatic nitrogens is 4. The molecule has 0 fully saturated rings. The summed E-state index contributed by atoms with van der Waals surface area (Å²) in [7, 11) is 0. The molecule has 1 aromatic carbocycles. The molecule has 0 spiro atoms. The van der Waals surface area contributed by atoms with E-state index in [0.29, 0.717) is 5.13 Å². The number of hydrogen-bond donors (Lipinski definition) is 1. The Bertz CT molecular complexity index is 1130. The highest BCUT2D eigenvalue weighted by Crippen LogP contribution is 2.27. The van der Waals surface area contributed by atoms with E-state index in [1.807, 2.05) is 9.95 Å². The van der Waals surface area contributed by atoms with Crippen LogP contribution in [-0.2, 0) is 17.8 Å². The zero-order chi connectivity index (χ0) is 20.9. The SMILES string of the molecule is Cc1ccc(-c2csc(NC(=O)CSc3nncn3CCc3cccs3)n2)cc1C. The van der Waals surface area contributed by atoms with Gasteiger partial charge in [-0.15, -0.1) is 32.9 Å². The van der Waals surface area contributed by atoms with E-state index >= 15 is 0 Å². The second kappa shape index (κ2) is 9.55. The van der Waals surface area contributed by atoms with Gasteiger partial charge in [-0.2, -0.15) is 0 Å². The van der Waals surface area contributed by atoms with Gasteiger partial charge in [0.25, 0.3) is 0 Å². The van der Waals surface area contributed by atoms with Crippen LogP contribution in [0, 0.1) is 13.8 Å². The minimum Gasteiger partial charge on any atom is -0.308 e. The van der Waals surface area contributed by atoms with Crippen molar-refractivity contribution in [1.82, 2.24) is 19.7 Å². The van der Waals surface area contributed by atoms with E-state index in [4.69, 9.17) is 0 Å². The smallest absolute Gasteiger partial charge is 0.236 e. The van der Waals surface area contributed by atoms with Gasteiger partial charge in [0.15, 0.2) is 10.3 Å². The minimum absolute atomic E-state index is 0.103. The number of thioether (sulfide) groups is 1. The molecule has 0 unspecified atom stereocenters. The van der Waals surface area contributed by atoms with Crippen LogP contribution < -0.4 is 5.32 Å². The highest BCUT2D eigenvalue weighted by Gasteiger charge is 2.12. The third-order valence-electron chi connectivity index (χ3n) is 4.64. The van der Waals surface area contributed by atoms with Crippen LogP contribution in [0.1, 0.15) is 16.0 Å². The summed E-state index contributed by atoms with van der Waals surface area (Å²) in [6.07, 6.45) is 2.64. The number of amides is 1. The molecule has 0 saturated heterocycles. The summed E-state index contributed by atoms with van der Waals surface area (Å²) in [6.45, 7) is 4.97. The van der Waals surface area contributed by atoms with Gasteiger partial charge in [-0.3, -0.25) is 4.79 Å². The van der Waals surface area contributed by atoms with Gasteiger partial charge < -0.3 is 9.88 Å². The van der Waals surface area contributed by atoms with E-state index in [9.17, 15) is 4.79 Å². The topological polar surface area (TPSA) is 72.7 Å². The molecule has 154 valence electrons. The summed E-state index contributed by atoms with van der Waals surface area (Å²) in [6, 6.07) is 10.4. The fraction of sp³-hybridized carbons (Fsp3) is 0.238. The largest absolute Gasteiger partial charge is 0.308 e. The molecule has 3 heterocycles. The first-order chi connectivity index (χ1) is 14.6. The number of carbonyl (C=O) groups is 1. The third-order valence-corrected chi connectivity index (χ3v) is 7.32. The lowest BCUT2D eigenvalue weighted by Crippen LogP contribution is -2.14. The molecule has 1 N–H and O–H groups in total. The normalized spacial score (nSPS) is 11.0. The molecule has 30 heavy (non-hydrogen) atoms. The number of aryl methyl sites for hydroxylation is 4. The van der Waals surface area contributed by atoms with Crippen molar-refractivity contribution in [3.05, 3.63) is 63.4 Å². The Hall–Kier alpha value is -2.49. The van der Waals surface area contributed by atoms with E-state index in [2.05, 4.69) is 70.1 Å². The van der Waals surface area contributed by atoms with Gasteiger partial charge in [-0.05, 0) is 48.9 Å². The molecule has 4 aromatic rings. The predicted molar refractivity (Wildman–Crippen MR) is 124 cm³/mol. The molecule has 1 amide bonds. The number of hydrogen-bond acceptors (Lipinski definition) is 7. The Labute approximate surface area is 187 Å². The first kappa shape index (κ1) is 20.8. The Balaban J connectivity index is 1.31. The quantitative estimate of drug-likeness (QED) is 0.376. The summed E-state index contributed by atoms with van der Waals surface area (Å²) in [4.78, 5) is 18.3. The van der Waals surface area contributed by atoms with E-state index in [0.717, 1.165) is 29.4 Å². The van der Waals surface area contributed by atoms with Gasteiger partial charge in [0.1, 0.15) is 6.33 Å². The van der Waals surface area contributed by atoms with Crippen molar-refractivity contribution in [3.8, 4) is 11.3 Å². The summed E-state index contributed by atoms with van der Waals surface area (Å²) in [5, 5.41) is 16.4. The molecule has 0 aliphatic heterocycles. The fourth-order valence-electron chi connectivity index (χ4n) is 2.84. The van der Waals surface area contributed by atoms with Gasteiger partial charge in [-0.25, -0.2) is 4.98 Å². The number of rotatable bonds is 8. The lowest BCUT2D eigenvalue weighted by atomic mass is 10.1. The molecular formula is C21H21N5OS3. The lowest BCUT2D eigenvalue weighted by Gasteiger charge is -2.05. The highest BCUT2D eigenvalue weighted by molar-refractivity contribution is 7.99. The van der Waals surface area contributed by atoms with E-state index in [-0.39, 0.29) is 11.7 Å². The maximum atomic E-state index is 12.4. The van der Waals surface area contributed by atoms with Crippen molar-refractivity contribution in [1.29, 1.82) is 0 Å². The maximum absolute atomic E-state index is 12.4. The Morgan fingerprint density at radius 1 is 1.20 bits per heavy atom. The fourth-order valence-corrected chi connectivity index (χ4v) is 5.02. The Kier molecular flexibility index (Phi) is 6.61. The molecule has 0 radical (unpaired) electrons. The van der Waals surface area contributed by atoms with Crippen LogP contribution in [0.4, 0.5) is 5.13 Å². The highest BCUT2D eigenvalue weighted by atomic mass is 32.2.